The van der Waals surface area contributed by atoms with Crippen LogP contribution < -0.4 is 29.6 Å². The maximum Gasteiger partial charge on any atom is 1.00 e. The van der Waals surface area contributed by atoms with E-state index in [0.717, 1.165) is 6.42 Å². The molecule has 0 rings (SSSR count). The summed E-state index contributed by atoms with van der Waals surface area (Å²) in [6.45, 7) is 2.80. The van der Waals surface area contributed by atoms with Gasteiger partial charge in [-0.1, -0.05) is 74.7 Å². The second-order valence-corrected chi connectivity index (χ2v) is 5.67. The molecular formula is C12H25NaO2S2. The molecule has 1 atom stereocenters. The summed E-state index contributed by atoms with van der Waals surface area (Å²) in [6, 6.07) is 0. The van der Waals surface area contributed by atoms with E-state index in [4.69, 9.17) is 4.18 Å². The van der Waals surface area contributed by atoms with Gasteiger partial charge in [-0.3, -0.25) is 0 Å². The molecule has 0 aliphatic heterocycles. The van der Waals surface area contributed by atoms with Crippen molar-refractivity contribution >= 4 is 21.2 Å². The summed E-state index contributed by atoms with van der Waals surface area (Å²) in [5.74, 6) is 0. The van der Waals surface area contributed by atoms with Gasteiger partial charge in [0, 0.05) is 0 Å². The Morgan fingerprint density at radius 2 is 1.29 bits per heavy atom. The van der Waals surface area contributed by atoms with E-state index >= 15 is 0 Å². The first-order valence-electron chi connectivity index (χ1n) is 6.50. The summed E-state index contributed by atoms with van der Waals surface area (Å²) in [6.07, 6.45) is 13.0. The molecule has 98 valence electrons. The number of hydrogen-bond acceptors (Lipinski definition) is 3. The molecule has 0 saturated heterocycles. The molecule has 2 nitrogen and oxygen atoms in total. The van der Waals surface area contributed by atoms with E-state index in [2.05, 4.69) is 18.1 Å². The summed E-state index contributed by atoms with van der Waals surface area (Å²) in [5, 5.41) is 0. The Hall–Kier alpha value is 1.49. The van der Waals surface area contributed by atoms with Crippen molar-refractivity contribution in [2.75, 3.05) is 6.61 Å². The van der Waals surface area contributed by atoms with Gasteiger partial charge in [-0.2, -0.15) is 0 Å². The molecule has 1 unspecified atom stereocenters. The van der Waals surface area contributed by atoms with Crippen LogP contribution in [0.2, 0.25) is 0 Å². The van der Waals surface area contributed by atoms with E-state index in [-0.39, 0.29) is 29.6 Å². The first-order valence-corrected chi connectivity index (χ1v) is 8.50. The van der Waals surface area contributed by atoms with Gasteiger partial charge < -0.3 is 8.74 Å². The minimum absolute atomic E-state index is 0. The van der Waals surface area contributed by atoms with Crippen molar-refractivity contribution < 1.29 is 38.3 Å². The van der Waals surface area contributed by atoms with Crippen LogP contribution in [0.15, 0.2) is 0 Å². The van der Waals surface area contributed by atoms with Gasteiger partial charge in [0.2, 0.25) is 0 Å². The van der Waals surface area contributed by atoms with E-state index in [1.165, 1.54) is 57.8 Å². The number of unbranched alkanes of at least 4 members (excludes halogenated alkanes) is 9. The Morgan fingerprint density at radius 3 is 1.71 bits per heavy atom. The summed E-state index contributed by atoms with van der Waals surface area (Å²) in [4.78, 5) is 0. The van der Waals surface area contributed by atoms with Crippen LogP contribution in [0.4, 0.5) is 0 Å². The molecule has 0 aliphatic carbocycles. The Kier molecular flexibility index (Phi) is 21.4. The molecule has 0 aromatic heterocycles. The predicted molar refractivity (Wildman–Crippen MR) is 73.3 cm³/mol. The second-order valence-electron chi connectivity index (χ2n) is 4.21. The molecule has 17 heavy (non-hydrogen) atoms. The summed E-state index contributed by atoms with van der Waals surface area (Å²) < 4.78 is 15.2. The van der Waals surface area contributed by atoms with Crippen molar-refractivity contribution in [3.05, 3.63) is 0 Å². The van der Waals surface area contributed by atoms with E-state index in [1.807, 2.05) is 0 Å². The van der Waals surface area contributed by atoms with Crippen LogP contribution >= 0.6 is 0 Å². The van der Waals surface area contributed by atoms with Crippen LogP contribution in [0.25, 0.3) is 0 Å². The van der Waals surface area contributed by atoms with Crippen molar-refractivity contribution in [2.24, 2.45) is 0 Å². The van der Waals surface area contributed by atoms with Crippen LogP contribution in [0.5, 0.6) is 0 Å². The smallest absolute Gasteiger partial charge is 0.773 e. The molecular weight excluding hydrogens is 263 g/mol. The number of hydrogen-bond donors (Lipinski definition) is 0. The molecule has 0 N–H and O–H groups in total. The fourth-order valence-corrected chi connectivity index (χ4v) is 2.17. The van der Waals surface area contributed by atoms with Gasteiger partial charge in [0.25, 0.3) is 0 Å². The van der Waals surface area contributed by atoms with E-state index in [9.17, 15) is 4.55 Å². The Balaban J connectivity index is 0. The van der Waals surface area contributed by atoms with Gasteiger partial charge >= 0.3 is 29.6 Å². The fourth-order valence-electron chi connectivity index (χ4n) is 1.72. The monoisotopic (exact) mass is 288 g/mol. The van der Waals surface area contributed by atoms with Gasteiger partial charge in [-0.05, 0) is 17.6 Å². The standard InChI is InChI=1S/C12H26O2S2.Na/c1-2-3-4-5-6-7-8-9-10-11-12-14-16(13)15;/h2-12H2,1H3,(H,13,15);/q;+1/p-1. The molecule has 0 heterocycles. The van der Waals surface area contributed by atoms with Crippen molar-refractivity contribution in [1.29, 1.82) is 0 Å². The maximum atomic E-state index is 10.4. The van der Waals surface area contributed by atoms with Crippen LogP contribution in [-0.4, -0.2) is 11.2 Å². The topological polar surface area (TPSA) is 32.3 Å². The molecule has 0 aromatic carbocycles. The molecule has 0 saturated carbocycles. The van der Waals surface area contributed by atoms with E-state index in [1.54, 1.807) is 0 Å². The predicted octanol–water partition coefficient (Wildman–Crippen LogP) is 1.05. The first-order chi connectivity index (χ1) is 7.77. The average Bonchev–Trinajstić information content (AvgIpc) is 2.25. The third-order valence-electron chi connectivity index (χ3n) is 2.68. The van der Waals surface area contributed by atoms with Gasteiger partial charge in [0.15, 0.2) is 0 Å². The van der Waals surface area contributed by atoms with Crippen molar-refractivity contribution in [2.45, 2.75) is 71.1 Å². The van der Waals surface area contributed by atoms with Gasteiger partial charge in [0.1, 0.15) is 0 Å². The van der Waals surface area contributed by atoms with Gasteiger partial charge in [-0.15, -0.1) is 0 Å². The molecule has 0 amide bonds. The fraction of sp³-hybridized carbons (Fsp3) is 1.00. The SMILES string of the molecule is CCCCCCCCCCCCOS([O-])=S.[Na+]. The molecule has 0 radical (unpaired) electrons. The molecule has 0 bridgehead atoms. The van der Waals surface area contributed by atoms with E-state index in [0.29, 0.717) is 6.61 Å². The zero-order chi connectivity index (χ0) is 12.1. The third-order valence-corrected chi connectivity index (χ3v) is 3.33. The van der Waals surface area contributed by atoms with E-state index < -0.39 is 10.0 Å². The van der Waals surface area contributed by atoms with Gasteiger partial charge in [-0.25, -0.2) is 0 Å². The summed E-state index contributed by atoms with van der Waals surface area (Å²) in [7, 11) is -1.50. The van der Waals surface area contributed by atoms with Crippen molar-refractivity contribution in [1.82, 2.24) is 0 Å². The first kappa shape index (κ1) is 20.8. The Labute approximate surface area is 136 Å². The van der Waals surface area contributed by atoms with Crippen molar-refractivity contribution in [3.63, 3.8) is 0 Å². The average molecular weight is 288 g/mol. The molecule has 0 fully saturated rings. The van der Waals surface area contributed by atoms with Crippen LogP contribution in [-0.2, 0) is 25.4 Å². The minimum atomic E-state index is -1.50. The zero-order valence-electron chi connectivity index (χ0n) is 11.4. The summed E-state index contributed by atoms with van der Waals surface area (Å²) >= 11 is 4.40. The molecule has 5 heteroatoms. The largest absolute Gasteiger partial charge is 1.00 e. The van der Waals surface area contributed by atoms with Gasteiger partial charge in [0.05, 0.1) is 6.61 Å². The quantitative estimate of drug-likeness (QED) is 0.397. The molecule has 0 spiro atoms. The Bertz CT molecular complexity index is 169. The zero-order valence-corrected chi connectivity index (χ0v) is 15.0. The molecule has 0 aromatic rings. The van der Waals surface area contributed by atoms with Crippen LogP contribution in [0.1, 0.15) is 71.1 Å². The van der Waals surface area contributed by atoms with Crippen molar-refractivity contribution in [3.8, 4) is 0 Å². The third kappa shape index (κ3) is 20.0. The maximum absolute atomic E-state index is 10.4. The number of rotatable bonds is 12. The Morgan fingerprint density at radius 1 is 0.882 bits per heavy atom. The normalized spacial score (nSPS) is 12.1. The second kappa shape index (κ2) is 17.5. The van der Waals surface area contributed by atoms with Crippen LogP contribution in [0, 0.1) is 0 Å². The molecule has 0 aliphatic rings. The van der Waals surface area contributed by atoms with Crippen LogP contribution in [0.3, 0.4) is 0 Å². The summed E-state index contributed by atoms with van der Waals surface area (Å²) in [5.41, 5.74) is 0. The minimum Gasteiger partial charge on any atom is -0.773 e.